The van der Waals surface area contributed by atoms with Crippen molar-refractivity contribution in [2.45, 2.75) is 32.8 Å². The van der Waals surface area contributed by atoms with Gasteiger partial charge in [0.15, 0.2) is 0 Å². The predicted molar refractivity (Wildman–Crippen MR) is 76.0 cm³/mol. The number of aryl methyl sites for hydroxylation is 1. The van der Waals surface area contributed by atoms with E-state index in [0.29, 0.717) is 0 Å². The van der Waals surface area contributed by atoms with Crippen molar-refractivity contribution in [1.82, 2.24) is 0 Å². The highest BCUT2D eigenvalue weighted by molar-refractivity contribution is 5.59. The molecule has 2 nitrogen and oxygen atoms in total. The molecule has 100 valence electrons. The predicted octanol–water partition coefficient (Wildman–Crippen LogP) is 4.61. The molecule has 2 heteroatoms. The molecule has 1 unspecified atom stereocenters. The summed E-state index contributed by atoms with van der Waals surface area (Å²) < 4.78 is 11.8. The lowest BCUT2D eigenvalue weighted by Crippen LogP contribution is -2.28. The summed E-state index contributed by atoms with van der Waals surface area (Å²) in [4.78, 5) is 0. The Hall–Kier alpha value is -1.54. The molecule has 0 aliphatic heterocycles. The zero-order chi connectivity index (χ0) is 13.5. The minimum atomic E-state index is 0.123. The van der Waals surface area contributed by atoms with Gasteiger partial charge in [-0.25, -0.2) is 0 Å². The minimum Gasteiger partial charge on any atom is -0.461 e. The molecule has 0 saturated heterocycles. The molecule has 1 aliphatic carbocycles. The lowest BCUT2D eigenvalue weighted by atomic mass is 9.74. The van der Waals surface area contributed by atoms with Crippen LogP contribution in [-0.4, -0.2) is 7.11 Å². The van der Waals surface area contributed by atoms with E-state index in [0.717, 1.165) is 29.9 Å². The van der Waals surface area contributed by atoms with Crippen molar-refractivity contribution in [3.8, 4) is 11.3 Å². The molecule has 0 spiro atoms. The smallest absolute Gasteiger partial charge is 0.134 e. The van der Waals surface area contributed by atoms with E-state index in [4.69, 9.17) is 9.15 Å². The van der Waals surface area contributed by atoms with Crippen LogP contribution < -0.4 is 0 Å². The first-order valence-corrected chi connectivity index (χ1v) is 6.82. The molecule has 1 heterocycles. The Morgan fingerprint density at radius 3 is 2.63 bits per heavy atom. The van der Waals surface area contributed by atoms with E-state index in [2.05, 4.69) is 32.0 Å². The van der Waals surface area contributed by atoms with Gasteiger partial charge >= 0.3 is 0 Å². The van der Waals surface area contributed by atoms with Gasteiger partial charge in [-0.2, -0.15) is 0 Å². The lowest BCUT2D eigenvalue weighted by molar-refractivity contribution is -0.00930. The van der Waals surface area contributed by atoms with E-state index in [1.807, 2.05) is 18.2 Å². The molecule has 0 N–H and O–H groups in total. The highest BCUT2D eigenvalue weighted by Gasteiger charge is 2.38. The number of benzene rings is 1. The van der Waals surface area contributed by atoms with Crippen LogP contribution in [-0.2, 0) is 11.2 Å². The van der Waals surface area contributed by atoms with Crippen molar-refractivity contribution >= 4 is 0 Å². The van der Waals surface area contributed by atoms with Gasteiger partial charge in [-0.05, 0) is 17.9 Å². The topological polar surface area (TPSA) is 22.4 Å². The third-order valence-electron chi connectivity index (χ3n) is 4.12. The summed E-state index contributed by atoms with van der Waals surface area (Å²) in [5.41, 5.74) is 2.52. The number of fused-ring (bicyclic) bond motifs is 1. The first-order chi connectivity index (χ1) is 9.12. The van der Waals surface area contributed by atoms with Gasteiger partial charge in [0.2, 0.25) is 0 Å². The van der Waals surface area contributed by atoms with Crippen molar-refractivity contribution < 1.29 is 9.15 Å². The van der Waals surface area contributed by atoms with Gasteiger partial charge in [-0.15, -0.1) is 0 Å². The van der Waals surface area contributed by atoms with Gasteiger partial charge in [0, 0.05) is 24.7 Å². The second-order valence-electron chi connectivity index (χ2n) is 5.96. The number of ether oxygens (including phenoxy) is 1. The Morgan fingerprint density at radius 1 is 1.21 bits per heavy atom. The second kappa shape index (κ2) is 4.53. The quantitative estimate of drug-likeness (QED) is 0.783. The molecule has 1 aromatic heterocycles. The molecule has 0 amide bonds. The summed E-state index contributed by atoms with van der Waals surface area (Å²) >= 11 is 0. The van der Waals surface area contributed by atoms with E-state index < -0.39 is 0 Å². The monoisotopic (exact) mass is 256 g/mol. The Kier molecular flexibility index (Phi) is 2.98. The SMILES string of the molecule is COC1c2cc(-c3ccccc3)oc2CCC1(C)C. The summed E-state index contributed by atoms with van der Waals surface area (Å²) in [6.07, 6.45) is 2.22. The fraction of sp³-hybridized carbons (Fsp3) is 0.412. The van der Waals surface area contributed by atoms with Crippen LogP contribution in [0.2, 0.25) is 0 Å². The number of furan rings is 1. The van der Waals surface area contributed by atoms with Gasteiger partial charge < -0.3 is 9.15 Å². The molecule has 2 aromatic rings. The van der Waals surface area contributed by atoms with Crippen LogP contribution in [0.4, 0.5) is 0 Å². The molecule has 0 fully saturated rings. The molecule has 19 heavy (non-hydrogen) atoms. The van der Waals surface area contributed by atoms with Crippen LogP contribution in [0.1, 0.15) is 37.7 Å². The van der Waals surface area contributed by atoms with E-state index in [1.54, 1.807) is 7.11 Å². The average Bonchev–Trinajstić information content (AvgIpc) is 2.83. The van der Waals surface area contributed by atoms with Crippen molar-refractivity contribution in [2.75, 3.05) is 7.11 Å². The highest BCUT2D eigenvalue weighted by atomic mass is 16.5. The number of hydrogen-bond acceptors (Lipinski definition) is 2. The largest absolute Gasteiger partial charge is 0.461 e. The molecule has 1 aromatic carbocycles. The molecule has 0 bridgehead atoms. The fourth-order valence-corrected chi connectivity index (χ4v) is 3.04. The lowest BCUT2D eigenvalue weighted by Gasteiger charge is -2.36. The highest BCUT2D eigenvalue weighted by Crippen LogP contribution is 2.47. The third-order valence-corrected chi connectivity index (χ3v) is 4.12. The molecular weight excluding hydrogens is 236 g/mol. The van der Waals surface area contributed by atoms with Gasteiger partial charge in [-0.3, -0.25) is 0 Å². The van der Waals surface area contributed by atoms with Crippen LogP contribution in [0.5, 0.6) is 0 Å². The van der Waals surface area contributed by atoms with Gasteiger partial charge in [0.1, 0.15) is 11.5 Å². The first kappa shape index (κ1) is 12.5. The van der Waals surface area contributed by atoms with Crippen LogP contribution in [0.15, 0.2) is 40.8 Å². The van der Waals surface area contributed by atoms with Crippen LogP contribution in [0, 0.1) is 5.41 Å². The molecule has 0 saturated carbocycles. The van der Waals surface area contributed by atoms with Gasteiger partial charge in [-0.1, -0.05) is 44.2 Å². The van der Waals surface area contributed by atoms with Crippen LogP contribution in [0.3, 0.4) is 0 Å². The van der Waals surface area contributed by atoms with E-state index in [1.165, 1.54) is 5.56 Å². The minimum absolute atomic E-state index is 0.123. The maximum Gasteiger partial charge on any atom is 0.134 e. The Morgan fingerprint density at radius 2 is 1.95 bits per heavy atom. The van der Waals surface area contributed by atoms with Crippen molar-refractivity contribution in [2.24, 2.45) is 5.41 Å². The zero-order valence-corrected chi connectivity index (χ0v) is 11.8. The number of methoxy groups -OCH3 is 1. The number of hydrogen-bond donors (Lipinski definition) is 0. The maximum absolute atomic E-state index is 6.04. The second-order valence-corrected chi connectivity index (χ2v) is 5.96. The molecule has 1 atom stereocenters. The summed E-state index contributed by atoms with van der Waals surface area (Å²) in [6.45, 7) is 4.53. The molecule has 1 aliphatic rings. The van der Waals surface area contributed by atoms with Gasteiger partial charge in [0.25, 0.3) is 0 Å². The van der Waals surface area contributed by atoms with Crippen LogP contribution in [0.25, 0.3) is 11.3 Å². The normalized spacial score (nSPS) is 21.1. The average molecular weight is 256 g/mol. The fourth-order valence-electron chi connectivity index (χ4n) is 3.04. The van der Waals surface area contributed by atoms with Crippen molar-refractivity contribution in [1.29, 1.82) is 0 Å². The van der Waals surface area contributed by atoms with Gasteiger partial charge in [0.05, 0.1) is 6.10 Å². The summed E-state index contributed by atoms with van der Waals surface area (Å²) in [6, 6.07) is 12.4. The third kappa shape index (κ3) is 2.10. The van der Waals surface area contributed by atoms with E-state index in [9.17, 15) is 0 Å². The van der Waals surface area contributed by atoms with E-state index in [-0.39, 0.29) is 11.5 Å². The van der Waals surface area contributed by atoms with Crippen molar-refractivity contribution in [3.05, 3.63) is 47.7 Å². The molecule has 3 rings (SSSR count). The maximum atomic E-state index is 6.04. The number of rotatable bonds is 2. The van der Waals surface area contributed by atoms with Crippen LogP contribution >= 0.6 is 0 Å². The van der Waals surface area contributed by atoms with E-state index >= 15 is 0 Å². The molecule has 0 radical (unpaired) electrons. The standard InChI is InChI=1S/C17H20O2/c1-17(2)10-9-14-13(16(17)18-3)11-15(19-14)12-7-5-4-6-8-12/h4-8,11,16H,9-10H2,1-3H3. The summed E-state index contributed by atoms with van der Waals surface area (Å²) in [5, 5.41) is 0. The summed E-state index contributed by atoms with van der Waals surface area (Å²) in [5.74, 6) is 2.04. The summed E-state index contributed by atoms with van der Waals surface area (Å²) in [7, 11) is 1.79. The zero-order valence-electron chi connectivity index (χ0n) is 11.8. The molecular formula is C17H20O2. The first-order valence-electron chi connectivity index (χ1n) is 6.82. The Balaban J connectivity index is 2.04. The Bertz CT molecular complexity index is 566. The van der Waals surface area contributed by atoms with Crippen molar-refractivity contribution in [3.63, 3.8) is 0 Å². The Labute approximate surface area is 114 Å².